The minimum Gasteiger partial charge on any atom is -0.341 e. The van der Waals surface area contributed by atoms with E-state index in [0.29, 0.717) is 0 Å². The zero-order chi connectivity index (χ0) is 28.3. The third-order valence-electron chi connectivity index (χ3n) is 7.82. The number of anilines is 4. The van der Waals surface area contributed by atoms with E-state index < -0.39 is 0 Å². The fourth-order valence-electron chi connectivity index (χ4n) is 5.58. The first-order chi connectivity index (χ1) is 20.3. The Morgan fingerprint density at radius 1 is 0.390 bits per heavy atom. The Morgan fingerprint density at radius 2 is 0.707 bits per heavy atom. The molecule has 0 heterocycles. The van der Waals surface area contributed by atoms with Gasteiger partial charge in [-0.15, -0.1) is 0 Å². The predicted molar refractivity (Wildman–Crippen MR) is 177 cm³/mol. The Kier molecular flexibility index (Phi) is 9.89. The topological polar surface area (TPSA) is 6.48 Å². The summed E-state index contributed by atoms with van der Waals surface area (Å²) >= 11 is 0. The van der Waals surface area contributed by atoms with E-state index in [9.17, 15) is 0 Å². The van der Waals surface area contributed by atoms with Crippen LogP contribution in [0.3, 0.4) is 0 Å². The van der Waals surface area contributed by atoms with Crippen molar-refractivity contribution in [2.24, 2.45) is 0 Å². The predicted octanol–water partition coefficient (Wildman–Crippen LogP) is 10.7. The molecule has 0 aliphatic carbocycles. The van der Waals surface area contributed by atoms with E-state index in [4.69, 9.17) is 0 Å². The molecule has 0 aliphatic rings. The standard InChI is InChI=1S/C39H42N2/c1-3-5-30-40(35-18-12-8-13-19-35)37-26-22-33(23-27-37)39(32-16-10-7-11-17-32)34-24-28-38(29-25-34)41(31-6-4-2)36-20-14-9-15-21-36/h7-29,39H,3-6,30-31H2,1-2H3. The van der Waals surface area contributed by atoms with E-state index in [1.165, 1.54) is 52.3 Å². The van der Waals surface area contributed by atoms with Crippen molar-refractivity contribution in [1.29, 1.82) is 0 Å². The number of para-hydroxylation sites is 2. The first kappa shape index (κ1) is 28.2. The first-order valence-corrected chi connectivity index (χ1v) is 15.2. The molecule has 5 aromatic carbocycles. The van der Waals surface area contributed by atoms with Gasteiger partial charge in [-0.05, 0) is 78.1 Å². The lowest BCUT2D eigenvalue weighted by atomic mass is 9.85. The average Bonchev–Trinajstić information content (AvgIpc) is 3.04. The second kappa shape index (κ2) is 14.4. The van der Waals surface area contributed by atoms with Crippen LogP contribution >= 0.6 is 0 Å². The van der Waals surface area contributed by atoms with Gasteiger partial charge in [-0.2, -0.15) is 0 Å². The number of nitrogens with zero attached hydrogens (tertiary/aromatic N) is 2. The van der Waals surface area contributed by atoms with Gasteiger partial charge >= 0.3 is 0 Å². The van der Waals surface area contributed by atoms with Crippen LogP contribution in [0.4, 0.5) is 22.7 Å². The maximum atomic E-state index is 2.44. The summed E-state index contributed by atoms with van der Waals surface area (Å²) in [5, 5.41) is 0. The molecule has 41 heavy (non-hydrogen) atoms. The van der Waals surface area contributed by atoms with Crippen LogP contribution in [0, 0.1) is 0 Å². The van der Waals surface area contributed by atoms with Gasteiger partial charge in [0.25, 0.3) is 0 Å². The van der Waals surface area contributed by atoms with E-state index in [2.05, 4.69) is 163 Å². The van der Waals surface area contributed by atoms with Crippen molar-refractivity contribution in [3.05, 3.63) is 156 Å². The Labute approximate surface area is 246 Å². The SMILES string of the molecule is CCCCN(c1ccccc1)c1ccc(C(c2ccccc2)c2ccc(N(CCCC)c3ccccc3)cc2)cc1. The number of hydrogen-bond acceptors (Lipinski definition) is 2. The molecule has 0 N–H and O–H groups in total. The van der Waals surface area contributed by atoms with Gasteiger partial charge in [-0.25, -0.2) is 0 Å². The maximum Gasteiger partial charge on any atom is 0.0410 e. The minimum atomic E-state index is 0.168. The molecule has 2 nitrogen and oxygen atoms in total. The highest BCUT2D eigenvalue weighted by atomic mass is 15.1. The fourth-order valence-corrected chi connectivity index (χ4v) is 5.58. The van der Waals surface area contributed by atoms with E-state index in [1.807, 2.05) is 0 Å². The van der Waals surface area contributed by atoms with Crippen molar-refractivity contribution in [1.82, 2.24) is 0 Å². The highest BCUT2D eigenvalue weighted by Crippen LogP contribution is 2.36. The van der Waals surface area contributed by atoms with Crippen LogP contribution in [-0.4, -0.2) is 13.1 Å². The molecule has 5 rings (SSSR count). The molecule has 0 saturated carbocycles. The van der Waals surface area contributed by atoms with E-state index in [-0.39, 0.29) is 5.92 Å². The summed E-state index contributed by atoms with van der Waals surface area (Å²) in [5.41, 5.74) is 8.90. The van der Waals surface area contributed by atoms with Crippen LogP contribution in [0.25, 0.3) is 0 Å². The number of hydrogen-bond donors (Lipinski definition) is 0. The second-order valence-electron chi connectivity index (χ2n) is 10.7. The normalized spacial score (nSPS) is 11.0. The van der Waals surface area contributed by atoms with Crippen LogP contribution in [0.1, 0.15) is 62.1 Å². The summed E-state index contributed by atoms with van der Waals surface area (Å²) < 4.78 is 0. The van der Waals surface area contributed by atoms with Crippen molar-refractivity contribution in [2.45, 2.75) is 45.4 Å². The Bertz CT molecular complexity index is 1330. The lowest BCUT2D eigenvalue weighted by molar-refractivity contribution is 0.785. The van der Waals surface area contributed by atoms with Crippen LogP contribution in [0.5, 0.6) is 0 Å². The van der Waals surface area contributed by atoms with Crippen LogP contribution in [-0.2, 0) is 0 Å². The van der Waals surface area contributed by atoms with E-state index in [0.717, 1.165) is 25.9 Å². The summed E-state index contributed by atoms with van der Waals surface area (Å²) in [6, 6.07) is 50.9. The molecule has 5 aromatic rings. The third kappa shape index (κ3) is 7.08. The molecule has 208 valence electrons. The van der Waals surface area contributed by atoms with Crippen LogP contribution in [0.2, 0.25) is 0 Å². The quantitative estimate of drug-likeness (QED) is 0.138. The highest BCUT2D eigenvalue weighted by Gasteiger charge is 2.19. The van der Waals surface area contributed by atoms with Crippen molar-refractivity contribution in [3.8, 4) is 0 Å². The Morgan fingerprint density at radius 3 is 1.07 bits per heavy atom. The van der Waals surface area contributed by atoms with E-state index in [1.54, 1.807) is 0 Å². The summed E-state index contributed by atoms with van der Waals surface area (Å²) in [6.45, 7) is 6.54. The van der Waals surface area contributed by atoms with Gasteiger partial charge in [0.05, 0.1) is 0 Å². The molecule has 0 unspecified atom stereocenters. The molecule has 0 amide bonds. The third-order valence-corrected chi connectivity index (χ3v) is 7.82. The number of rotatable bonds is 13. The molecule has 0 spiro atoms. The highest BCUT2D eigenvalue weighted by molar-refractivity contribution is 5.65. The molecule has 0 aliphatic heterocycles. The van der Waals surface area contributed by atoms with Crippen LogP contribution < -0.4 is 9.80 Å². The molecular formula is C39H42N2. The van der Waals surface area contributed by atoms with Gasteiger partial charge in [0.15, 0.2) is 0 Å². The van der Waals surface area contributed by atoms with Gasteiger partial charge in [-0.1, -0.05) is 118 Å². The molecule has 0 bridgehead atoms. The minimum absolute atomic E-state index is 0.168. The lowest BCUT2D eigenvalue weighted by Gasteiger charge is -2.27. The largest absolute Gasteiger partial charge is 0.341 e. The summed E-state index contributed by atoms with van der Waals surface area (Å²) in [4.78, 5) is 4.88. The van der Waals surface area contributed by atoms with Crippen molar-refractivity contribution < 1.29 is 0 Å². The smallest absolute Gasteiger partial charge is 0.0410 e. The number of unbranched alkanes of at least 4 members (excludes halogenated alkanes) is 2. The van der Waals surface area contributed by atoms with Gasteiger partial charge < -0.3 is 9.80 Å². The van der Waals surface area contributed by atoms with Gasteiger partial charge in [0.1, 0.15) is 0 Å². The number of benzene rings is 5. The van der Waals surface area contributed by atoms with Gasteiger partial charge in [0.2, 0.25) is 0 Å². The van der Waals surface area contributed by atoms with Crippen LogP contribution in [0.15, 0.2) is 140 Å². The van der Waals surface area contributed by atoms with Gasteiger partial charge in [-0.3, -0.25) is 0 Å². The Balaban J connectivity index is 1.47. The molecule has 2 heteroatoms. The summed E-state index contributed by atoms with van der Waals surface area (Å²) in [7, 11) is 0. The summed E-state index contributed by atoms with van der Waals surface area (Å²) in [6.07, 6.45) is 4.67. The zero-order valence-electron chi connectivity index (χ0n) is 24.5. The van der Waals surface area contributed by atoms with Gasteiger partial charge in [0, 0.05) is 41.8 Å². The Hall–Kier alpha value is -4.30. The zero-order valence-corrected chi connectivity index (χ0v) is 24.5. The van der Waals surface area contributed by atoms with E-state index >= 15 is 0 Å². The first-order valence-electron chi connectivity index (χ1n) is 15.2. The molecule has 0 atom stereocenters. The van der Waals surface area contributed by atoms with Crippen molar-refractivity contribution >= 4 is 22.7 Å². The molecule has 0 aromatic heterocycles. The maximum absolute atomic E-state index is 2.44. The fraction of sp³-hybridized carbons (Fsp3) is 0.231. The van der Waals surface area contributed by atoms with Crippen molar-refractivity contribution in [2.75, 3.05) is 22.9 Å². The monoisotopic (exact) mass is 538 g/mol. The average molecular weight is 539 g/mol. The summed E-state index contributed by atoms with van der Waals surface area (Å²) in [5.74, 6) is 0.168. The lowest BCUT2D eigenvalue weighted by Crippen LogP contribution is -2.18. The molecule has 0 fully saturated rings. The molecule has 0 saturated heterocycles. The second-order valence-corrected chi connectivity index (χ2v) is 10.7. The molecular weight excluding hydrogens is 496 g/mol. The van der Waals surface area contributed by atoms with Crippen molar-refractivity contribution in [3.63, 3.8) is 0 Å². The molecule has 0 radical (unpaired) electrons.